The number of para-hydroxylation sites is 1. The second kappa shape index (κ2) is 6.74. The van der Waals surface area contributed by atoms with Crippen LogP contribution >= 0.6 is 0 Å². The van der Waals surface area contributed by atoms with Crippen molar-refractivity contribution in [3.05, 3.63) is 54.1 Å². The lowest BCUT2D eigenvalue weighted by Gasteiger charge is -2.18. The van der Waals surface area contributed by atoms with E-state index in [1.165, 1.54) is 4.90 Å². The molecule has 1 saturated heterocycles. The number of carbonyl (C=O) groups is 2. The monoisotopic (exact) mass is 324 g/mol. The van der Waals surface area contributed by atoms with Gasteiger partial charge in [0.05, 0.1) is 19.2 Å². The molecule has 1 aliphatic heterocycles. The number of imide groups is 1. The lowest BCUT2D eigenvalue weighted by atomic mass is 10.1. The number of nitrogens with zero attached hydrogens (tertiary/aromatic N) is 1. The van der Waals surface area contributed by atoms with E-state index in [9.17, 15) is 9.59 Å². The van der Waals surface area contributed by atoms with Crippen molar-refractivity contribution < 1.29 is 14.3 Å². The van der Waals surface area contributed by atoms with E-state index in [1.54, 1.807) is 31.4 Å². The molecule has 1 heterocycles. The quantitative estimate of drug-likeness (QED) is 0.859. The van der Waals surface area contributed by atoms with E-state index < -0.39 is 6.04 Å². The fourth-order valence-corrected chi connectivity index (χ4v) is 2.92. The standard InChI is InChI=1S/C19H20N2O3/c1-3-13-7-4-5-10-16(13)20-17-12-18(22)21(19(17)23)14-8-6-9-15(11-14)24-2/h4-11,17,20H,3,12H2,1-2H3/t17-/m1/s1. The largest absolute Gasteiger partial charge is 0.497 e. The van der Waals surface area contributed by atoms with E-state index in [0.29, 0.717) is 11.4 Å². The molecule has 0 aromatic heterocycles. The van der Waals surface area contributed by atoms with Crippen LogP contribution in [-0.2, 0) is 16.0 Å². The summed E-state index contributed by atoms with van der Waals surface area (Å²) in [4.78, 5) is 26.3. The van der Waals surface area contributed by atoms with Crippen LogP contribution in [0.1, 0.15) is 18.9 Å². The smallest absolute Gasteiger partial charge is 0.256 e. The van der Waals surface area contributed by atoms with Gasteiger partial charge in [0.15, 0.2) is 0 Å². The Morgan fingerprint density at radius 1 is 1.17 bits per heavy atom. The minimum absolute atomic E-state index is 0.147. The van der Waals surface area contributed by atoms with Crippen LogP contribution in [-0.4, -0.2) is 25.0 Å². The summed E-state index contributed by atoms with van der Waals surface area (Å²) in [5.74, 6) is 0.166. The number of hydrogen-bond donors (Lipinski definition) is 1. The molecule has 0 radical (unpaired) electrons. The van der Waals surface area contributed by atoms with Crippen LogP contribution in [0.5, 0.6) is 5.75 Å². The number of carbonyl (C=O) groups excluding carboxylic acids is 2. The molecule has 0 bridgehead atoms. The van der Waals surface area contributed by atoms with E-state index >= 15 is 0 Å². The van der Waals surface area contributed by atoms with Gasteiger partial charge < -0.3 is 10.1 Å². The first kappa shape index (κ1) is 16.1. The van der Waals surface area contributed by atoms with Crippen LogP contribution in [0.25, 0.3) is 0 Å². The van der Waals surface area contributed by atoms with Crippen molar-refractivity contribution in [2.75, 3.05) is 17.3 Å². The first-order valence-electron chi connectivity index (χ1n) is 7.99. The molecule has 2 aromatic rings. The van der Waals surface area contributed by atoms with Gasteiger partial charge in [0.1, 0.15) is 11.8 Å². The van der Waals surface area contributed by atoms with Gasteiger partial charge in [-0.2, -0.15) is 0 Å². The summed E-state index contributed by atoms with van der Waals surface area (Å²) in [6.07, 6.45) is 1.01. The van der Waals surface area contributed by atoms with E-state index in [-0.39, 0.29) is 18.2 Å². The molecule has 0 unspecified atom stereocenters. The summed E-state index contributed by atoms with van der Waals surface area (Å²) < 4.78 is 5.17. The van der Waals surface area contributed by atoms with Crippen LogP contribution in [0.15, 0.2) is 48.5 Å². The third-order valence-corrected chi connectivity index (χ3v) is 4.19. The van der Waals surface area contributed by atoms with Gasteiger partial charge in [0.2, 0.25) is 5.91 Å². The summed E-state index contributed by atoms with van der Waals surface area (Å²) >= 11 is 0. The Hall–Kier alpha value is -2.82. The summed E-state index contributed by atoms with van der Waals surface area (Å²) in [7, 11) is 1.55. The lowest BCUT2D eigenvalue weighted by Crippen LogP contribution is -2.35. The Kier molecular flexibility index (Phi) is 4.51. The highest BCUT2D eigenvalue weighted by molar-refractivity contribution is 6.23. The van der Waals surface area contributed by atoms with Crippen molar-refractivity contribution in [3.8, 4) is 5.75 Å². The number of methoxy groups -OCH3 is 1. The third-order valence-electron chi connectivity index (χ3n) is 4.19. The molecule has 3 rings (SSSR count). The Bertz CT molecular complexity index is 773. The maximum Gasteiger partial charge on any atom is 0.256 e. The number of amides is 2. The molecular weight excluding hydrogens is 304 g/mol. The predicted octanol–water partition coefficient (Wildman–Crippen LogP) is 3.00. The van der Waals surface area contributed by atoms with Crippen LogP contribution in [0, 0.1) is 0 Å². The summed E-state index contributed by atoms with van der Waals surface area (Å²) in [6, 6.07) is 14.3. The number of benzene rings is 2. The molecule has 5 heteroatoms. The fraction of sp³-hybridized carbons (Fsp3) is 0.263. The van der Waals surface area contributed by atoms with Gasteiger partial charge >= 0.3 is 0 Å². The van der Waals surface area contributed by atoms with Crippen LogP contribution in [0.2, 0.25) is 0 Å². The maximum atomic E-state index is 12.7. The number of ether oxygens (including phenoxy) is 1. The van der Waals surface area contributed by atoms with Crippen LogP contribution in [0.3, 0.4) is 0 Å². The number of anilines is 2. The zero-order valence-electron chi connectivity index (χ0n) is 13.8. The summed E-state index contributed by atoms with van der Waals surface area (Å²) in [5, 5.41) is 3.23. The average Bonchev–Trinajstić information content (AvgIpc) is 2.89. The van der Waals surface area contributed by atoms with Crippen molar-refractivity contribution in [1.82, 2.24) is 0 Å². The Labute approximate surface area is 141 Å². The van der Waals surface area contributed by atoms with Crippen molar-refractivity contribution >= 4 is 23.2 Å². The van der Waals surface area contributed by atoms with E-state index in [0.717, 1.165) is 17.7 Å². The van der Waals surface area contributed by atoms with E-state index in [1.807, 2.05) is 24.3 Å². The van der Waals surface area contributed by atoms with Crippen LogP contribution < -0.4 is 15.0 Å². The Morgan fingerprint density at radius 3 is 2.71 bits per heavy atom. The summed E-state index contributed by atoms with van der Waals surface area (Å²) in [6.45, 7) is 2.06. The molecule has 1 atom stereocenters. The topological polar surface area (TPSA) is 58.6 Å². The second-order valence-electron chi connectivity index (χ2n) is 5.68. The molecule has 2 aromatic carbocycles. The highest BCUT2D eigenvalue weighted by Crippen LogP contribution is 2.28. The SMILES string of the molecule is CCc1ccccc1N[C@@H]1CC(=O)N(c2cccc(OC)c2)C1=O. The highest BCUT2D eigenvalue weighted by Gasteiger charge is 2.39. The molecule has 1 N–H and O–H groups in total. The zero-order valence-corrected chi connectivity index (χ0v) is 13.8. The van der Waals surface area contributed by atoms with Gasteiger partial charge in [0.25, 0.3) is 5.91 Å². The lowest BCUT2D eigenvalue weighted by molar-refractivity contribution is -0.121. The molecule has 0 spiro atoms. The van der Waals surface area contributed by atoms with E-state index in [4.69, 9.17) is 4.74 Å². The second-order valence-corrected chi connectivity index (χ2v) is 5.68. The molecule has 0 saturated carbocycles. The molecule has 24 heavy (non-hydrogen) atoms. The van der Waals surface area contributed by atoms with Gasteiger partial charge in [-0.05, 0) is 30.2 Å². The maximum absolute atomic E-state index is 12.7. The normalized spacial score (nSPS) is 17.2. The van der Waals surface area contributed by atoms with Crippen LogP contribution in [0.4, 0.5) is 11.4 Å². The average molecular weight is 324 g/mol. The van der Waals surface area contributed by atoms with Crippen molar-refractivity contribution in [2.24, 2.45) is 0 Å². The van der Waals surface area contributed by atoms with Crippen molar-refractivity contribution in [1.29, 1.82) is 0 Å². The first-order valence-corrected chi connectivity index (χ1v) is 7.99. The highest BCUT2D eigenvalue weighted by atomic mass is 16.5. The Balaban J connectivity index is 1.83. The van der Waals surface area contributed by atoms with Crippen molar-refractivity contribution in [3.63, 3.8) is 0 Å². The molecule has 1 fully saturated rings. The summed E-state index contributed by atoms with van der Waals surface area (Å²) in [5.41, 5.74) is 2.56. The molecule has 2 amide bonds. The number of hydrogen-bond acceptors (Lipinski definition) is 4. The van der Waals surface area contributed by atoms with Gasteiger partial charge in [-0.3, -0.25) is 9.59 Å². The molecule has 124 valence electrons. The first-order chi connectivity index (χ1) is 11.6. The Morgan fingerprint density at radius 2 is 1.96 bits per heavy atom. The molecule has 1 aliphatic rings. The molecule has 5 nitrogen and oxygen atoms in total. The fourth-order valence-electron chi connectivity index (χ4n) is 2.92. The molecular formula is C19H20N2O3. The number of aryl methyl sites for hydroxylation is 1. The number of rotatable bonds is 5. The molecule has 0 aliphatic carbocycles. The van der Waals surface area contributed by atoms with Gasteiger partial charge in [0, 0.05) is 11.8 Å². The van der Waals surface area contributed by atoms with Gasteiger partial charge in [-0.15, -0.1) is 0 Å². The number of nitrogens with one attached hydrogen (secondary N) is 1. The van der Waals surface area contributed by atoms with Crippen molar-refractivity contribution in [2.45, 2.75) is 25.8 Å². The van der Waals surface area contributed by atoms with Gasteiger partial charge in [-0.25, -0.2) is 4.90 Å². The third kappa shape index (κ3) is 2.97. The minimum atomic E-state index is -0.545. The predicted molar refractivity (Wildman–Crippen MR) is 93.3 cm³/mol. The van der Waals surface area contributed by atoms with Gasteiger partial charge in [-0.1, -0.05) is 31.2 Å². The zero-order chi connectivity index (χ0) is 17.1. The van der Waals surface area contributed by atoms with E-state index in [2.05, 4.69) is 12.2 Å². The minimum Gasteiger partial charge on any atom is -0.497 e.